The van der Waals surface area contributed by atoms with E-state index in [4.69, 9.17) is 0 Å². The van der Waals surface area contributed by atoms with Crippen LogP contribution in [0.5, 0.6) is 0 Å². The number of piperidine rings is 1. The third kappa shape index (κ3) is 4.73. The molecule has 1 saturated carbocycles. The van der Waals surface area contributed by atoms with E-state index in [9.17, 15) is 14.7 Å². The molecule has 0 aromatic carbocycles. The maximum Gasteiger partial charge on any atom is 0.227 e. The lowest BCUT2D eigenvalue weighted by Crippen LogP contribution is -2.45. The summed E-state index contributed by atoms with van der Waals surface area (Å²) in [4.78, 5) is 31.8. The smallest absolute Gasteiger partial charge is 0.227 e. The van der Waals surface area contributed by atoms with Crippen molar-refractivity contribution in [2.45, 2.75) is 51.0 Å². The van der Waals surface area contributed by atoms with E-state index in [0.29, 0.717) is 13.1 Å². The molecule has 2 amide bonds. The molecule has 6 nitrogen and oxygen atoms in total. The van der Waals surface area contributed by atoms with Crippen molar-refractivity contribution in [2.75, 3.05) is 46.3 Å². The number of likely N-dealkylation sites (tertiary alicyclic amines) is 1. The van der Waals surface area contributed by atoms with E-state index in [1.54, 1.807) is 0 Å². The Morgan fingerprint density at radius 3 is 1.96 bits per heavy atom. The van der Waals surface area contributed by atoms with Crippen LogP contribution in [-0.4, -0.2) is 84.0 Å². The molecule has 0 radical (unpaired) electrons. The van der Waals surface area contributed by atoms with E-state index in [2.05, 4.69) is 11.9 Å². The van der Waals surface area contributed by atoms with E-state index in [0.717, 1.165) is 71.1 Å². The van der Waals surface area contributed by atoms with Crippen LogP contribution in [0.2, 0.25) is 0 Å². The van der Waals surface area contributed by atoms with Gasteiger partial charge in [-0.3, -0.25) is 9.59 Å². The minimum absolute atomic E-state index is 0.0673. The molecular weight excluding hydrogens is 318 g/mol. The lowest BCUT2D eigenvalue weighted by Gasteiger charge is -2.33. The van der Waals surface area contributed by atoms with Gasteiger partial charge in [0.15, 0.2) is 0 Å². The maximum absolute atomic E-state index is 12.8. The Hall–Kier alpha value is -1.14. The van der Waals surface area contributed by atoms with E-state index < -0.39 is 0 Å². The highest BCUT2D eigenvalue weighted by Crippen LogP contribution is 2.26. The first kappa shape index (κ1) is 18.6. The van der Waals surface area contributed by atoms with Crippen molar-refractivity contribution >= 4 is 11.8 Å². The molecule has 2 saturated heterocycles. The van der Waals surface area contributed by atoms with Crippen molar-refractivity contribution in [1.29, 1.82) is 0 Å². The van der Waals surface area contributed by atoms with Crippen molar-refractivity contribution in [3.63, 3.8) is 0 Å². The van der Waals surface area contributed by atoms with Crippen molar-refractivity contribution in [1.82, 2.24) is 14.7 Å². The highest BCUT2D eigenvalue weighted by Gasteiger charge is 2.32. The number of aliphatic hydroxyl groups excluding tert-OH is 1. The van der Waals surface area contributed by atoms with Crippen molar-refractivity contribution in [3.05, 3.63) is 0 Å². The van der Waals surface area contributed by atoms with Crippen molar-refractivity contribution < 1.29 is 14.7 Å². The molecule has 0 aromatic rings. The number of nitrogens with zero attached hydrogens (tertiary/aromatic N) is 3. The monoisotopic (exact) mass is 351 g/mol. The molecule has 1 N–H and O–H groups in total. The first-order valence-electron chi connectivity index (χ1n) is 9.99. The Morgan fingerprint density at radius 1 is 0.760 bits per heavy atom. The van der Waals surface area contributed by atoms with Gasteiger partial charge in [-0.05, 0) is 58.5 Å². The molecule has 0 aromatic heterocycles. The Balaban J connectivity index is 1.51. The van der Waals surface area contributed by atoms with Gasteiger partial charge >= 0.3 is 0 Å². The number of hydrogen-bond donors (Lipinski definition) is 1. The zero-order valence-electron chi connectivity index (χ0n) is 15.5. The van der Waals surface area contributed by atoms with Crippen molar-refractivity contribution in [2.24, 2.45) is 11.8 Å². The summed E-state index contributed by atoms with van der Waals surface area (Å²) >= 11 is 0. The molecule has 1 unspecified atom stereocenters. The summed E-state index contributed by atoms with van der Waals surface area (Å²) in [7, 11) is 2.09. The van der Waals surface area contributed by atoms with Crippen LogP contribution in [0, 0.1) is 11.8 Å². The maximum atomic E-state index is 12.8. The average molecular weight is 351 g/mol. The van der Waals surface area contributed by atoms with Crippen LogP contribution in [0.15, 0.2) is 0 Å². The Labute approximate surface area is 151 Å². The zero-order valence-corrected chi connectivity index (χ0v) is 15.5. The van der Waals surface area contributed by atoms with Crippen LogP contribution in [0.25, 0.3) is 0 Å². The van der Waals surface area contributed by atoms with Crippen molar-refractivity contribution in [3.8, 4) is 0 Å². The first-order chi connectivity index (χ1) is 12.0. The summed E-state index contributed by atoms with van der Waals surface area (Å²) < 4.78 is 0. The van der Waals surface area contributed by atoms with Gasteiger partial charge in [0, 0.05) is 38.6 Å². The highest BCUT2D eigenvalue weighted by molar-refractivity contribution is 5.80. The summed E-state index contributed by atoms with van der Waals surface area (Å²) in [6, 6.07) is 0. The predicted octanol–water partition coefficient (Wildman–Crippen LogP) is 0.940. The van der Waals surface area contributed by atoms with Gasteiger partial charge in [-0.1, -0.05) is 0 Å². The van der Waals surface area contributed by atoms with E-state index in [1.807, 2.05) is 9.80 Å². The van der Waals surface area contributed by atoms with Gasteiger partial charge in [0.05, 0.1) is 12.0 Å². The third-order valence-electron chi connectivity index (χ3n) is 6.14. The second-order valence-electron chi connectivity index (χ2n) is 8.11. The number of rotatable bonds is 2. The molecule has 142 valence electrons. The van der Waals surface area contributed by atoms with Crippen LogP contribution >= 0.6 is 0 Å². The standard InChI is InChI=1S/C19H33N3O3/c1-20-9-2-4-16(14-20)19(25)22-11-3-10-21(12-13-22)18(24)15-5-7-17(23)8-6-15/h15-17,23H,2-14H2,1H3. The minimum Gasteiger partial charge on any atom is -0.393 e. The number of aliphatic hydroxyl groups is 1. The van der Waals surface area contributed by atoms with E-state index >= 15 is 0 Å². The van der Waals surface area contributed by atoms with Gasteiger partial charge < -0.3 is 19.8 Å². The van der Waals surface area contributed by atoms with Gasteiger partial charge in [0.1, 0.15) is 0 Å². The molecule has 6 heteroatoms. The minimum atomic E-state index is -0.227. The number of carbonyl (C=O) groups is 2. The largest absolute Gasteiger partial charge is 0.393 e. The van der Waals surface area contributed by atoms with Gasteiger partial charge in [0.2, 0.25) is 11.8 Å². The Kier molecular flexibility index (Phi) is 6.34. The number of carbonyl (C=O) groups excluding carboxylic acids is 2. The zero-order chi connectivity index (χ0) is 17.8. The normalized spacial score (nSPS) is 32.3. The fourth-order valence-corrected chi connectivity index (χ4v) is 4.57. The summed E-state index contributed by atoms with van der Waals surface area (Å²) in [6.07, 6.45) is 5.81. The van der Waals surface area contributed by atoms with Gasteiger partial charge in [-0.15, -0.1) is 0 Å². The first-order valence-corrected chi connectivity index (χ1v) is 9.99. The summed E-state index contributed by atoms with van der Waals surface area (Å²) in [6.45, 7) is 4.80. The molecule has 2 aliphatic heterocycles. The second-order valence-corrected chi connectivity index (χ2v) is 8.11. The fraction of sp³-hybridized carbons (Fsp3) is 0.895. The van der Waals surface area contributed by atoms with Crippen LogP contribution < -0.4 is 0 Å². The van der Waals surface area contributed by atoms with Gasteiger partial charge in [-0.25, -0.2) is 0 Å². The van der Waals surface area contributed by atoms with Gasteiger partial charge in [0.25, 0.3) is 0 Å². The summed E-state index contributed by atoms with van der Waals surface area (Å²) in [5.74, 6) is 0.707. The predicted molar refractivity (Wildman–Crippen MR) is 96.0 cm³/mol. The summed E-state index contributed by atoms with van der Waals surface area (Å²) in [5, 5.41) is 9.63. The highest BCUT2D eigenvalue weighted by atomic mass is 16.3. The third-order valence-corrected chi connectivity index (χ3v) is 6.14. The molecule has 1 aliphatic carbocycles. The van der Waals surface area contributed by atoms with Crippen LogP contribution in [0.4, 0.5) is 0 Å². The van der Waals surface area contributed by atoms with Crippen LogP contribution in [0.1, 0.15) is 44.9 Å². The summed E-state index contributed by atoms with van der Waals surface area (Å²) in [5.41, 5.74) is 0. The Bertz CT molecular complexity index is 477. The molecule has 0 spiro atoms. The van der Waals surface area contributed by atoms with E-state index in [1.165, 1.54) is 0 Å². The lowest BCUT2D eigenvalue weighted by molar-refractivity contribution is -0.139. The molecule has 3 rings (SSSR count). The molecule has 0 bridgehead atoms. The molecule has 25 heavy (non-hydrogen) atoms. The molecule has 2 heterocycles. The average Bonchev–Trinajstić information content (AvgIpc) is 2.87. The number of amides is 2. The van der Waals surface area contributed by atoms with Crippen LogP contribution in [0.3, 0.4) is 0 Å². The Morgan fingerprint density at radius 2 is 1.36 bits per heavy atom. The topological polar surface area (TPSA) is 64.1 Å². The molecule has 1 atom stereocenters. The van der Waals surface area contributed by atoms with Crippen LogP contribution in [-0.2, 0) is 9.59 Å². The molecular formula is C19H33N3O3. The SMILES string of the molecule is CN1CCCC(C(=O)N2CCCN(C(=O)C3CCC(O)CC3)CC2)C1. The fourth-order valence-electron chi connectivity index (χ4n) is 4.57. The quantitative estimate of drug-likeness (QED) is 0.804. The van der Waals surface area contributed by atoms with E-state index in [-0.39, 0.29) is 29.8 Å². The lowest BCUT2D eigenvalue weighted by atomic mass is 9.86. The molecule has 3 aliphatic rings. The van der Waals surface area contributed by atoms with Gasteiger partial charge in [-0.2, -0.15) is 0 Å². The molecule has 3 fully saturated rings. The second kappa shape index (κ2) is 8.49. The number of hydrogen-bond acceptors (Lipinski definition) is 4.